The second kappa shape index (κ2) is 9.58. The van der Waals surface area contributed by atoms with Gasteiger partial charge in [0.05, 0.1) is 22.2 Å². The molecule has 8 rings (SSSR count). The van der Waals surface area contributed by atoms with Gasteiger partial charge in [-0.2, -0.15) is 0 Å². The van der Waals surface area contributed by atoms with E-state index in [-0.39, 0.29) is 0 Å². The minimum absolute atomic E-state index is 0.725. The van der Waals surface area contributed by atoms with E-state index in [4.69, 9.17) is 9.97 Å². The minimum Gasteiger partial charge on any atom is -0.309 e. The number of aromatic nitrogens is 3. The molecule has 0 bridgehead atoms. The van der Waals surface area contributed by atoms with Gasteiger partial charge < -0.3 is 4.57 Å². The molecule has 41 heavy (non-hydrogen) atoms. The molecule has 0 spiro atoms. The van der Waals surface area contributed by atoms with E-state index >= 15 is 0 Å². The highest BCUT2D eigenvalue weighted by atomic mass is 15.0. The summed E-state index contributed by atoms with van der Waals surface area (Å²) in [5, 5.41) is 3.48. The Bertz CT molecular complexity index is 2180. The molecule has 0 amide bonds. The van der Waals surface area contributed by atoms with Crippen molar-refractivity contribution in [3.05, 3.63) is 152 Å². The van der Waals surface area contributed by atoms with Gasteiger partial charge in [0.15, 0.2) is 5.82 Å². The SMILES string of the molecule is c1ccc(-c2nc(-c3ccccc3)c3cccc(-c4cccc5c4c4ccccc4n5-c4ccccc4)c3n2)cc1. The smallest absolute Gasteiger partial charge is 0.160 e. The van der Waals surface area contributed by atoms with Crippen LogP contribution in [0, 0.1) is 0 Å². The van der Waals surface area contributed by atoms with Crippen molar-refractivity contribution >= 4 is 32.7 Å². The first kappa shape index (κ1) is 23.4. The average Bonchev–Trinajstić information content (AvgIpc) is 3.40. The molecule has 0 unspecified atom stereocenters. The van der Waals surface area contributed by atoms with E-state index in [9.17, 15) is 0 Å². The fourth-order valence-corrected chi connectivity index (χ4v) is 6.00. The first-order chi connectivity index (χ1) is 20.4. The van der Waals surface area contributed by atoms with Crippen molar-refractivity contribution in [1.82, 2.24) is 14.5 Å². The van der Waals surface area contributed by atoms with E-state index in [1.54, 1.807) is 0 Å². The molecule has 0 atom stereocenters. The Morgan fingerprint density at radius 1 is 0.415 bits per heavy atom. The van der Waals surface area contributed by atoms with Crippen LogP contribution in [0.2, 0.25) is 0 Å². The quantitative estimate of drug-likeness (QED) is 0.230. The van der Waals surface area contributed by atoms with Gasteiger partial charge >= 0.3 is 0 Å². The Kier molecular flexibility index (Phi) is 5.46. The fraction of sp³-hybridized carbons (Fsp3) is 0. The van der Waals surface area contributed by atoms with Crippen LogP contribution in [-0.2, 0) is 0 Å². The van der Waals surface area contributed by atoms with Gasteiger partial charge in [0.2, 0.25) is 0 Å². The highest BCUT2D eigenvalue weighted by Crippen LogP contribution is 2.41. The number of hydrogen-bond acceptors (Lipinski definition) is 2. The zero-order chi connectivity index (χ0) is 27.2. The Balaban J connectivity index is 1.48. The van der Waals surface area contributed by atoms with Crippen LogP contribution in [0.4, 0.5) is 0 Å². The summed E-state index contributed by atoms with van der Waals surface area (Å²) in [7, 11) is 0. The van der Waals surface area contributed by atoms with Crippen LogP contribution in [0.25, 0.3) is 72.2 Å². The molecule has 8 aromatic rings. The molecule has 0 aliphatic rings. The summed E-state index contributed by atoms with van der Waals surface area (Å²) < 4.78 is 2.36. The first-order valence-corrected chi connectivity index (χ1v) is 13.9. The lowest BCUT2D eigenvalue weighted by Crippen LogP contribution is -1.97. The third-order valence-corrected chi connectivity index (χ3v) is 7.81. The van der Waals surface area contributed by atoms with Crippen LogP contribution in [0.5, 0.6) is 0 Å². The Morgan fingerprint density at radius 2 is 1.00 bits per heavy atom. The van der Waals surface area contributed by atoms with Crippen molar-refractivity contribution < 1.29 is 0 Å². The van der Waals surface area contributed by atoms with Gasteiger partial charge in [-0.15, -0.1) is 0 Å². The van der Waals surface area contributed by atoms with E-state index in [0.717, 1.165) is 50.4 Å². The average molecular weight is 524 g/mol. The van der Waals surface area contributed by atoms with Crippen molar-refractivity contribution in [3.8, 4) is 39.5 Å². The van der Waals surface area contributed by atoms with Crippen molar-refractivity contribution in [1.29, 1.82) is 0 Å². The summed E-state index contributed by atoms with van der Waals surface area (Å²) in [6.45, 7) is 0. The van der Waals surface area contributed by atoms with Crippen LogP contribution in [0.1, 0.15) is 0 Å². The zero-order valence-corrected chi connectivity index (χ0v) is 22.3. The van der Waals surface area contributed by atoms with Crippen molar-refractivity contribution in [3.63, 3.8) is 0 Å². The molecule has 2 aromatic heterocycles. The van der Waals surface area contributed by atoms with E-state index in [1.807, 2.05) is 24.3 Å². The molecule has 0 N–H and O–H groups in total. The highest BCUT2D eigenvalue weighted by molar-refractivity contribution is 6.18. The molecule has 0 aliphatic carbocycles. The summed E-state index contributed by atoms with van der Waals surface area (Å²) in [6.07, 6.45) is 0. The number of fused-ring (bicyclic) bond motifs is 4. The fourth-order valence-electron chi connectivity index (χ4n) is 6.00. The maximum absolute atomic E-state index is 5.24. The lowest BCUT2D eigenvalue weighted by Gasteiger charge is -2.14. The molecule has 192 valence electrons. The van der Waals surface area contributed by atoms with Gasteiger partial charge in [0.25, 0.3) is 0 Å². The molecule has 0 saturated heterocycles. The summed E-state index contributed by atoms with van der Waals surface area (Å²) >= 11 is 0. The third-order valence-electron chi connectivity index (χ3n) is 7.81. The van der Waals surface area contributed by atoms with Crippen molar-refractivity contribution in [2.24, 2.45) is 0 Å². The van der Waals surface area contributed by atoms with Crippen LogP contribution in [0.15, 0.2) is 152 Å². The highest BCUT2D eigenvalue weighted by Gasteiger charge is 2.19. The molecule has 3 nitrogen and oxygen atoms in total. The zero-order valence-electron chi connectivity index (χ0n) is 22.3. The molecule has 2 heterocycles. The predicted octanol–water partition coefficient (Wildman–Crippen LogP) is 9.73. The molecule has 0 radical (unpaired) electrons. The second-order valence-corrected chi connectivity index (χ2v) is 10.2. The lowest BCUT2D eigenvalue weighted by atomic mass is 9.95. The Labute approximate surface area is 238 Å². The number of nitrogens with zero attached hydrogens (tertiary/aromatic N) is 3. The second-order valence-electron chi connectivity index (χ2n) is 10.2. The van der Waals surface area contributed by atoms with Crippen LogP contribution in [-0.4, -0.2) is 14.5 Å². The van der Waals surface area contributed by atoms with E-state index in [0.29, 0.717) is 0 Å². The summed E-state index contributed by atoms with van der Waals surface area (Å²) in [4.78, 5) is 10.4. The van der Waals surface area contributed by atoms with Crippen LogP contribution < -0.4 is 0 Å². The number of benzene rings is 6. The number of hydrogen-bond donors (Lipinski definition) is 0. The third kappa shape index (κ3) is 3.82. The van der Waals surface area contributed by atoms with E-state index in [2.05, 4.69) is 132 Å². The summed E-state index contributed by atoms with van der Waals surface area (Å²) in [5.41, 5.74) is 9.73. The largest absolute Gasteiger partial charge is 0.309 e. The minimum atomic E-state index is 0.725. The molecule has 0 saturated carbocycles. The molecular formula is C38H25N3. The maximum atomic E-state index is 5.24. The molecule has 0 fully saturated rings. The first-order valence-electron chi connectivity index (χ1n) is 13.9. The predicted molar refractivity (Wildman–Crippen MR) is 170 cm³/mol. The Hall–Kier alpha value is -5.54. The normalized spacial score (nSPS) is 11.4. The number of para-hydroxylation sites is 3. The number of rotatable bonds is 4. The molecule has 6 aromatic carbocycles. The van der Waals surface area contributed by atoms with Crippen LogP contribution in [0.3, 0.4) is 0 Å². The van der Waals surface area contributed by atoms with Gasteiger partial charge in [0, 0.05) is 38.5 Å². The van der Waals surface area contributed by atoms with E-state index in [1.165, 1.54) is 21.8 Å². The molecule has 3 heteroatoms. The van der Waals surface area contributed by atoms with Crippen molar-refractivity contribution in [2.45, 2.75) is 0 Å². The molecular weight excluding hydrogens is 498 g/mol. The lowest BCUT2D eigenvalue weighted by molar-refractivity contribution is 1.18. The monoisotopic (exact) mass is 523 g/mol. The van der Waals surface area contributed by atoms with Crippen LogP contribution >= 0.6 is 0 Å². The van der Waals surface area contributed by atoms with Gasteiger partial charge in [-0.1, -0.05) is 127 Å². The summed E-state index contributed by atoms with van der Waals surface area (Å²) in [6, 6.07) is 53.0. The molecule has 0 aliphatic heterocycles. The van der Waals surface area contributed by atoms with Gasteiger partial charge in [-0.3, -0.25) is 0 Å². The summed E-state index contributed by atoms with van der Waals surface area (Å²) in [5.74, 6) is 0.725. The van der Waals surface area contributed by atoms with E-state index < -0.39 is 0 Å². The van der Waals surface area contributed by atoms with Gasteiger partial charge in [-0.25, -0.2) is 9.97 Å². The maximum Gasteiger partial charge on any atom is 0.160 e. The van der Waals surface area contributed by atoms with Gasteiger partial charge in [-0.05, 0) is 29.8 Å². The Morgan fingerprint density at radius 3 is 1.78 bits per heavy atom. The topological polar surface area (TPSA) is 30.7 Å². The van der Waals surface area contributed by atoms with Gasteiger partial charge in [0.1, 0.15) is 0 Å². The van der Waals surface area contributed by atoms with Crippen molar-refractivity contribution in [2.75, 3.05) is 0 Å². The standard InChI is InChI=1S/C38H25N3/c1-4-14-26(15-5-1)36-32-23-12-22-30(37(32)40-38(39-36)27-16-6-2-7-17-27)29-21-13-25-34-35(29)31-20-10-11-24-33(31)41(34)28-18-8-3-9-19-28/h1-25H.